The van der Waals surface area contributed by atoms with E-state index in [1.54, 1.807) is 0 Å². The fourth-order valence-electron chi connectivity index (χ4n) is 2.50. The van der Waals surface area contributed by atoms with Crippen molar-refractivity contribution in [2.24, 2.45) is 0 Å². The molecule has 2 fully saturated rings. The minimum absolute atomic E-state index is 0. The summed E-state index contributed by atoms with van der Waals surface area (Å²) in [4.78, 5) is 14.2. The van der Waals surface area contributed by atoms with Crippen molar-refractivity contribution in [2.75, 3.05) is 52.5 Å². The second kappa shape index (κ2) is 9.82. The third-order valence-electron chi connectivity index (χ3n) is 3.47. The van der Waals surface area contributed by atoms with E-state index in [4.69, 9.17) is 9.47 Å². The van der Waals surface area contributed by atoms with Crippen molar-refractivity contribution in [3.8, 4) is 0 Å². The Hall–Kier alpha value is -0.110. The molecular weight excluding hydrogens is 317 g/mol. The number of carbonyl (C=O) groups is 1. The summed E-state index contributed by atoms with van der Waals surface area (Å²) in [7, 11) is 0. The second-order valence-electron chi connectivity index (χ2n) is 5.76. The zero-order valence-corrected chi connectivity index (χ0v) is 14.4. The Kier molecular flexibility index (Phi) is 9.76. The van der Waals surface area contributed by atoms with Gasteiger partial charge >= 0.3 is 0 Å². The number of hydrogen-bond acceptors (Lipinski definition) is 5. The molecule has 8 heteroatoms. The Balaban J connectivity index is 0.00000200. The van der Waals surface area contributed by atoms with Crippen LogP contribution in [0.5, 0.6) is 0 Å². The first-order valence-electron chi connectivity index (χ1n) is 7.02. The van der Waals surface area contributed by atoms with E-state index in [1.807, 2.05) is 0 Å². The molecule has 126 valence electrons. The Morgan fingerprint density at radius 2 is 2.14 bits per heavy atom. The summed E-state index contributed by atoms with van der Waals surface area (Å²) in [6.45, 7) is 10.2. The van der Waals surface area contributed by atoms with E-state index in [0.717, 1.165) is 32.8 Å². The molecule has 2 saturated heterocycles. The van der Waals surface area contributed by atoms with Gasteiger partial charge in [-0.1, -0.05) is 0 Å². The van der Waals surface area contributed by atoms with Crippen molar-refractivity contribution in [1.82, 2.24) is 15.5 Å². The Morgan fingerprint density at radius 1 is 1.38 bits per heavy atom. The first-order chi connectivity index (χ1) is 9.07. The highest BCUT2D eigenvalue weighted by Crippen LogP contribution is 2.15. The van der Waals surface area contributed by atoms with Crippen LogP contribution < -0.4 is 10.6 Å². The van der Waals surface area contributed by atoms with E-state index in [1.165, 1.54) is 0 Å². The van der Waals surface area contributed by atoms with Crippen LogP contribution in [0.15, 0.2) is 0 Å². The lowest BCUT2D eigenvalue weighted by Gasteiger charge is -2.38. The van der Waals surface area contributed by atoms with Gasteiger partial charge in [0.05, 0.1) is 25.4 Å². The number of amides is 1. The van der Waals surface area contributed by atoms with Crippen LogP contribution in [0.2, 0.25) is 0 Å². The van der Waals surface area contributed by atoms with Gasteiger partial charge in [0, 0.05) is 32.7 Å². The van der Waals surface area contributed by atoms with Crippen LogP contribution in [-0.4, -0.2) is 75.0 Å². The Morgan fingerprint density at radius 3 is 2.76 bits per heavy atom. The molecule has 2 N–H and O–H groups in total. The van der Waals surface area contributed by atoms with Crippen LogP contribution in [0, 0.1) is 0 Å². The van der Waals surface area contributed by atoms with Crippen LogP contribution in [0.25, 0.3) is 0 Å². The van der Waals surface area contributed by atoms with E-state index in [0.29, 0.717) is 19.8 Å². The first-order valence-corrected chi connectivity index (χ1v) is 7.02. The average molecular weight is 344 g/mol. The molecule has 0 aromatic rings. The summed E-state index contributed by atoms with van der Waals surface area (Å²) in [5.41, 5.74) is -0.0823. The van der Waals surface area contributed by atoms with Gasteiger partial charge in [-0.15, -0.1) is 24.8 Å². The topological polar surface area (TPSA) is 62.8 Å². The molecule has 0 bridgehead atoms. The van der Waals surface area contributed by atoms with Gasteiger partial charge in [-0.2, -0.15) is 0 Å². The number of halogens is 2. The number of morpholine rings is 2. The molecule has 2 aliphatic heterocycles. The van der Waals surface area contributed by atoms with Gasteiger partial charge in [0.2, 0.25) is 5.91 Å². The zero-order valence-electron chi connectivity index (χ0n) is 12.7. The van der Waals surface area contributed by atoms with E-state index >= 15 is 0 Å². The molecule has 1 amide bonds. The van der Waals surface area contributed by atoms with Gasteiger partial charge in [0.25, 0.3) is 0 Å². The minimum Gasteiger partial charge on any atom is -0.378 e. The van der Waals surface area contributed by atoms with Crippen LogP contribution in [0.3, 0.4) is 0 Å². The molecule has 21 heavy (non-hydrogen) atoms. The Bertz CT molecular complexity index is 313. The van der Waals surface area contributed by atoms with Gasteiger partial charge in [-0.3, -0.25) is 9.69 Å². The number of carbonyl (C=O) groups excluding carboxylic acids is 1. The maximum absolute atomic E-state index is 11.9. The van der Waals surface area contributed by atoms with Crippen molar-refractivity contribution in [3.05, 3.63) is 0 Å². The molecular formula is C13H27Cl2N3O3. The van der Waals surface area contributed by atoms with Crippen molar-refractivity contribution in [3.63, 3.8) is 0 Å². The van der Waals surface area contributed by atoms with Crippen molar-refractivity contribution < 1.29 is 14.3 Å². The summed E-state index contributed by atoms with van der Waals surface area (Å²) < 4.78 is 10.9. The standard InChI is InChI=1S/C13H25N3O3.2ClH/c1-13(2)10-16(6-8-19-13)5-3-15-12(17)11-9-18-7-4-14-11;;/h11,14H,3-10H2,1-2H3,(H,15,17);2*1H. The molecule has 1 unspecified atom stereocenters. The summed E-state index contributed by atoms with van der Waals surface area (Å²) in [5.74, 6) is 0.0345. The van der Waals surface area contributed by atoms with E-state index < -0.39 is 0 Å². The second-order valence-corrected chi connectivity index (χ2v) is 5.76. The number of rotatable bonds is 4. The SMILES string of the molecule is CC1(C)CN(CCNC(=O)C2COCCN2)CCO1.Cl.Cl. The summed E-state index contributed by atoms with van der Waals surface area (Å²) >= 11 is 0. The molecule has 2 aliphatic rings. The Labute approximate surface area is 139 Å². The van der Waals surface area contributed by atoms with Gasteiger partial charge in [-0.25, -0.2) is 0 Å². The quantitative estimate of drug-likeness (QED) is 0.754. The predicted octanol–water partition coefficient (Wildman–Crippen LogP) is 0.0454. The maximum atomic E-state index is 11.9. The molecule has 0 radical (unpaired) electrons. The third-order valence-corrected chi connectivity index (χ3v) is 3.47. The fraction of sp³-hybridized carbons (Fsp3) is 0.923. The fourth-order valence-corrected chi connectivity index (χ4v) is 2.50. The van der Waals surface area contributed by atoms with Crippen LogP contribution in [0.4, 0.5) is 0 Å². The number of ether oxygens (including phenoxy) is 2. The smallest absolute Gasteiger partial charge is 0.239 e. The monoisotopic (exact) mass is 343 g/mol. The highest BCUT2D eigenvalue weighted by molar-refractivity contribution is 5.85. The van der Waals surface area contributed by atoms with Crippen molar-refractivity contribution in [1.29, 1.82) is 0 Å². The number of hydrogen-bond donors (Lipinski definition) is 2. The summed E-state index contributed by atoms with van der Waals surface area (Å²) in [5, 5.41) is 6.11. The largest absolute Gasteiger partial charge is 0.378 e. The zero-order chi connectivity index (χ0) is 13.7. The van der Waals surface area contributed by atoms with Gasteiger partial charge in [0.1, 0.15) is 6.04 Å². The summed E-state index contributed by atoms with van der Waals surface area (Å²) in [6.07, 6.45) is 0. The normalized spacial score (nSPS) is 25.3. The lowest BCUT2D eigenvalue weighted by atomic mass is 10.1. The third kappa shape index (κ3) is 7.13. The molecule has 0 aromatic carbocycles. The highest BCUT2D eigenvalue weighted by Gasteiger charge is 2.27. The molecule has 0 aromatic heterocycles. The minimum atomic E-state index is -0.199. The van der Waals surface area contributed by atoms with Crippen molar-refractivity contribution in [2.45, 2.75) is 25.5 Å². The van der Waals surface area contributed by atoms with Crippen LogP contribution in [0.1, 0.15) is 13.8 Å². The van der Waals surface area contributed by atoms with Crippen LogP contribution >= 0.6 is 24.8 Å². The molecule has 0 spiro atoms. The average Bonchev–Trinajstić information content (AvgIpc) is 2.38. The van der Waals surface area contributed by atoms with Crippen LogP contribution in [-0.2, 0) is 14.3 Å². The predicted molar refractivity (Wildman–Crippen MR) is 86.6 cm³/mol. The molecule has 1 atom stereocenters. The highest BCUT2D eigenvalue weighted by atomic mass is 35.5. The maximum Gasteiger partial charge on any atom is 0.239 e. The first kappa shape index (κ1) is 20.9. The van der Waals surface area contributed by atoms with Gasteiger partial charge in [-0.05, 0) is 13.8 Å². The van der Waals surface area contributed by atoms with Gasteiger partial charge in [0.15, 0.2) is 0 Å². The summed E-state index contributed by atoms with van der Waals surface area (Å²) in [6, 6.07) is -0.199. The van der Waals surface area contributed by atoms with Gasteiger partial charge < -0.3 is 20.1 Å². The lowest BCUT2D eigenvalue weighted by molar-refractivity contribution is -0.126. The van der Waals surface area contributed by atoms with E-state index in [-0.39, 0.29) is 42.4 Å². The van der Waals surface area contributed by atoms with E-state index in [9.17, 15) is 4.79 Å². The number of nitrogens with one attached hydrogen (secondary N) is 2. The molecule has 2 heterocycles. The van der Waals surface area contributed by atoms with Crippen molar-refractivity contribution >= 4 is 30.7 Å². The van der Waals surface area contributed by atoms with E-state index in [2.05, 4.69) is 29.4 Å². The molecule has 0 aliphatic carbocycles. The number of nitrogens with zero attached hydrogens (tertiary/aromatic N) is 1. The molecule has 6 nitrogen and oxygen atoms in total. The molecule has 0 saturated carbocycles. The lowest BCUT2D eigenvalue weighted by Crippen LogP contribution is -2.53. The molecule has 2 rings (SSSR count).